The average Bonchev–Trinajstić information content (AvgIpc) is 2.96. The summed E-state index contributed by atoms with van der Waals surface area (Å²) in [5.74, 6) is -0.344. The molecule has 8 heteroatoms. The molecule has 0 bridgehead atoms. The summed E-state index contributed by atoms with van der Waals surface area (Å²) in [7, 11) is 0. The van der Waals surface area contributed by atoms with Crippen molar-refractivity contribution in [1.82, 2.24) is 20.1 Å². The number of aromatic nitrogens is 3. The van der Waals surface area contributed by atoms with E-state index in [-0.39, 0.29) is 24.2 Å². The highest BCUT2D eigenvalue weighted by Crippen LogP contribution is 2.35. The van der Waals surface area contributed by atoms with Gasteiger partial charge in [0.05, 0.1) is 5.41 Å². The van der Waals surface area contributed by atoms with Gasteiger partial charge in [0, 0.05) is 25.9 Å². The molecule has 1 saturated heterocycles. The predicted octanol–water partition coefficient (Wildman–Crippen LogP) is 2.44. The third kappa shape index (κ3) is 4.56. The number of H-pyrrole nitrogens is 1. The Morgan fingerprint density at radius 2 is 2.21 bits per heavy atom. The maximum Gasteiger partial charge on any atom is 0.311 e. The van der Waals surface area contributed by atoms with Crippen LogP contribution in [0.5, 0.6) is 0 Å². The molecule has 1 unspecified atom stereocenters. The lowest BCUT2D eigenvalue weighted by atomic mass is 9.76. The van der Waals surface area contributed by atoms with Gasteiger partial charge < -0.3 is 10.0 Å². The van der Waals surface area contributed by atoms with Crippen LogP contribution in [0.15, 0.2) is 11.6 Å². The Morgan fingerprint density at radius 3 is 2.79 bits per heavy atom. The van der Waals surface area contributed by atoms with Crippen LogP contribution in [0.1, 0.15) is 45.4 Å². The summed E-state index contributed by atoms with van der Waals surface area (Å²) >= 11 is 5.64. The van der Waals surface area contributed by atoms with Crippen LogP contribution < -0.4 is 0 Å². The van der Waals surface area contributed by atoms with Crippen molar-refractivity contribution in [1.29, 1.82) is 0 Å². The molecule has 1 atom stereocenters. The molecule has 1 aliphatic rings. The van der Waals surface area contributed by atoms with Gasteiger partial charge in [0.2, 0.25) is 11.2 Å². The van der Waals surface area contributed by atoms with Gasteiger partial charge in [-0.25, -0.2) is 4.98 Å². The highest BCUT2D eigenvalue weighted by atomic mass is 35.5. The van der Waals surface area contributed by atoms with Crippen LogP contribution in [-0.2, 0) is 16.0 Å². The molecule has 1 aromatic heterocycles. The number of carbonyl (C=O) groups is 2. The van der Waals surface area contributed by atoms with E-state index >= 15 is 0 Å². The first-order chi connectivity index (χ1) is 11.3. The highest BCUT2D eigenvalue weighted by Gasteiger charge is 2.42. The fourth-order valence-corrected chi connectivity index (χ4v) is 3.08. The first-order valence-electron chi connectivity index (χ1n) is 8.04. The summed E-state index contributed by atoms with van der Waals surface area (Å²) in [6.45, 7) is 4.75. The fraction of sp³-hybridized carbons (Fsp3) is 0.625. The van der Waals surface area contributed by atoms with E-state index < -0.39 is 11.4 Å². The zero-order valence-corrected chi connectivity index (χ0v) is 14.8. The smallest absolute Gasteiger partial charge is 0.311 e. The summed E-state index contributed by atoms with van der Waals surface area (Å²) in [4.78, 5) is 29.9. The molecule has 1 amide bonds. The van der Waals surface area contributed by atoms with Crippen LogP contribution in [0.2, 0.25) is 5.28 Å². The van der Waals surface area contributed by atoms with Crippen LogP contribution in [0.3, 0.4) is 0 Å². The van der Waals surface area contributed by atoms with Crippen molar-refractivity contribution in [2.45, 2.75) is 46.0 Å². The Hall–Kier alpha value is -1.89. The number of carboxylic acid groups (broad SMARTS) is 1. The van der Waals surface area contributed by atoms with Crippen LogP contribution in [0.4, 0.5) is 0 Å². The Morgan fingerprint density at radius 1 is 1.46 bits per heavy atom. The van der Waals surface area contributed by atoms with Crippen LogP contribution in [-0.4, -0.2) is 50.2 Å². The van der Waals surface area contributed by atoms with E-state index in [1.165, 1.54) is 0 Å². The average molecular weight is 355 g/mol. The van der Waals surface area contributed by atoms with Gasteiger partial charge in [-0.2, -0.15) is 0 Å². The second-order valence-corrected chi connectivity index (χ2v) is 6.88. The molecule has 0 aromatic carbocycles. The highest BCUT2D eigenvalue weighted by molar-refractivity contribution is 6.28. The van der Waals surface area contributed by atoms with Crippen molar-refractivity contribution in [3.8, 4) is 0 Å². The molecule has 24 heavy (non-hydrogen) atoms. The van der Waals surface area contributed by atoms with Crippen LogP contribution >= 0.6 is 11.6 Å². The van der Waals surface area contributed by atoms with Crippen molar-refractivity contribution in [3.63, 3.8) is 0 Å². The Labute approximate surface area is 146 Å². The standard InChI is InChI=1S/C16H23ClN4O3/c1-11(2)6-8-16(14(23)24)7-3-9-21(10-16)13(22)5-4-12-18-15(17)20-19-12/h6H,3-5,7-10H2,1-2H3,(H,23,24)(H,18,19,20). The molecule has 1 aromatic rings. The third-order valence-electron chi connectivity index (χ3n) is 4.36. The minimum absolute atomic E-state index is 0.0648. The number of rotatable bonds is 6. The van der Waals surface area contributed by atoms with Gasteiger partial charge in [0.15, 0.2) is 0 Å². The van der Waals surface area contributed by atoms with Gasteiger partial charge >= 0.3 is 5.97 Å². The molecule has 2 N–H and O–H groups in total. The molecule has 132 valence electrons. The van der Waals surface area contributed by atoms with Crippen LogP contribution in [0, 0.1) is 5.41 Å². The minimum Gasteiger partial charge on any atom is -0.481 e. The fourth-order valence-electron chi connectivity index (χ4n) is 2.94. The van der Waals surface area contributed by atoms with Crippen molar-refractivity contribution in [2.24, 2.45) is 5.41 Å². The number of piperidine rings is 1. The number of aliphatic carboxylic acids is 1. The molecule has 7 nitrogen and oxygen atoms in total. The lowest BCUT2D eigenvalue weighted by molar-refractivity contribution is -0.154. The number of allylic oxidation sites excluding steroid dienone is 2. The summed E-state index contributed by atoms with van der Waals surface area (Å²) < 4.78 is 0. The van der Waals surface area contributed by atoms with E-state index in [1.54, 1.807) is 4.90 Å². The largest absolute Gasteiger partial charge is 0.481 e. The van der Waals surface area contributed by atoms with E-state index in [0.29, 0.717) is 38.1 Å². The first-order valence-corrected chi connectivity index (χ1v) is 8.41. The quantitative estimate of drug-likeness (QED) is 0.764. The Bertz CT molecular complexity index is 639. The molecule has 2 rings (SSSR count). The zero-order chi connectivity index (χ0) is 17.7. The minimum atomic E-state index is -0.888. The maximum atomic E-state index is 12.4. The molecule has 1 fully saturated rings. The SMILES string of the molecule is CC(C)=CCC1(C(=O)O)CCCN(C(=O)CCc2nc(Cl)n[nH]2)C1. The Balaban J connectivity index is 2.00. The van der Waals surface area contributed by atoms with E-state index in [9.17, 15) is 14.7 Å². The van der Waals surface area contributed by atoms with Crippen LogP contribution in [0.25, 0.3) is 0 Å². The number of hydrogen-bond acceptors (Lipinski definition) is 4. The monoisotopic (exact) mass is 354 g/mol. The number of carboxylic acids is 1. The van der Waals surface area contributed by atoms with E-state index in [1.807, 2.05) is 19.9 Å². The number of nitrogens with zero attached hydrogens (tertiary/aromatic N) is 3. The summed E-state index contributed by atoms with van der Waals surface area (Å²) in [6, 6.07) is 0. The van der Waals surface area contributed by atoms with Gasteiger partial charge in [0.25, 0.3) is 0 Å². The van der Waals surface area contributed by atoms with Gasteiger partial charge in [-0.15, -0.1) is 5.10 Å². The van der Waals surface area contributed by atoms with Gasteiger partial charge in [-0.3, -0.25) is 14.7 Å². The normalized spacial score (nSPS) is 20.7. The second-order valence-electron chi connectivity index (χ2n) is 6.54. The Kier molecular flexibility index (Phi) is 5.99. The van der Waals surface area contributed by atoms with E-state index in [0.717, 1.165) is 5.57 Å². The molecule has 0 aliphatic carbocycles. The second kappa shape index (κ2) is 7.79. The molecule has 0 saturated carbocycles. The summed E-state index contributed by atoms with van der Waals surface area (Å²) in [6.07, 6.45) is 4.34. The number of carbonyl (C=O) groups excluding carboxylic acids is 1. The summed E-state index contributed by atoms with van der Waals surface area (Å²) in [5, 5.41) is 16.2. The molecule has 0 radical (unpaired) electrons. The van der Waals surface area contributed by atoms with Crippen molar-refractivity contribution in [3.05, 3.63) is 22.8 Å². The summed E-state index contributed by atoms with van der Waals surface area (Å²) in [5.41, 5.74) is 0.196. The zero-order valence-electron chi connectivity index (χ0n) is 14.0. The number of amides is 1. The molecular weight excluding hydrogens is 332 g/mol. The van der Waals surface area contributed by atoms with Crippen molar-refractivity contribution >= 4 is 23.5 Å². The van der Waals surface area contributed by atoms with E-state index in [4.69, 9.17) is 11.6 Å². The van der Waals surface area contributed by atoms with Crippen molar-refractivity contribution in [2.75, 3.05) is 13.1 Å². The number of hydrogen-bond donors (Lipinski definition) is 2. The lowest BCUT2D eigenvalue weighted by Gasteiger charge is -2.39. The topological polar surface area (TPSA) is 99.2 Å². The number of nitrogens with one attached hydrogen (secondary N) is 1. The van der Waals surface area contributed by atoms with Gasteiger partial charge in [-0.05, 0) is 44.7 Å². The van der Waals surface area contributed by atoms with Gasteiger partial charge in [-0.1, -0.05) is 11.6 Å². The van der Waals surface area contributed by atoms with E-state index in [2.05, 4.69) is 15.2 Å². The number of aryl methyl sites for hydroxylation is 1. The molecule has 0 spiro atoms. The van der Waals surface area contributed by atoms with Crippen molar-refractivity contribution < 1.29 is 14.7 Å². The number of likely N-dealkylation sites (tertiary alicyclic amines) is 1. The third-order valence-corrected chi connectivity index (χ3v) is 4.53. The lowest BCUT2D eigenvalue weighted by Crippen LogP contribution is -2.49. The molecular formula is C16H23ClN4O3. The molecule has 2 heterocycles. The molecule has 1 aliphatic heterocycles. The number of halogens is 1. The van der Waals surface area contributed by atoms with Gasteiger partial charge in [0.1, 0.15) is 5.82 Å². The predicted molar refractivity (Wildman–Crippen MR) is 89.6 cm³/mol. The maximum absolute atomic E-state index is 12.4. The first kappa shape index (κ1) is 18.4. The number of aromatic amines is 1.